The van der Waals surface area contributed by atoms with Gasteiger partial charge in [0.15, 0.2) is 0 Å². The molecule has 0 spiro atoms. The average molecular weight is 285 g/mol. The van der Waals surface area contributed by atoms with Crippen LogP contribution < -0.4 is 5.32 Å². The molecule has 0 radical (unpaired) electrons. The van der Waals surface area contributed by atoms with Crippen LogP contribution in [-0.2, 0) is 5.41 Å². The van der Waals surface area contributed by atoms with E-state index < -0.39 is 0 Å². The van der Waals surface area contributed by atoms with Crippen LogP contribution in [0.3, 0.4) is 0 Å². The van der Waals surface area contributed by atoms with Crippen molar-refractivity contribution >= 4 is 10.9 Å². The minimum atomic E-state index is 0.268. The van der Waals surface area contributed by atoms with Crippen LogP contribution in [0.4, 0.5) is 0 Å². The van der Waals surface area contributed by atoms with Gasteiger partial charge >= 0.3 is 0 Å². The summed E-state index contributed by atoms with van der Waals surface area (Å²) in [6.07, 6.45) is 7.23. The number of fused-ring (bicyclic) bond motifs is 1. The summed E-state index contributed by atoms with van der Waals surface area (Å²) in [6, 6.07) is 6.66. The van der Waals surface area contributed by atoms with Crippen molar-refractivity contribution < 1.29 is 0 Å². The van der Waals surface area contributed by atoms with Gasteiger partial charge in [-0.1, -0.05) is 32.4 Å². The Balaban J connectivity index is 2.18. The van der Waals surface area contributed by atoms with E-state index in [4.69, 9.17) is 0 Å². The van der Waals surface area contributed by atoms with E-state index in [1.165, 1.54) is 42.1 Å². The lowest BCUT2D eigenvalue weighted by Gasteiger charge is -2.49. The third-order valence-electron chi connectivity index (χ3n) is 5.82. The summed E-state index contributed by atoms with van der Waals surface area (Å²) in [5, 5.41) is 12.2. The lowest BCUT2D eigenvalue weighted by molar-refractivity contribution is 0.111. The SMILES string of the molecule is CCC1(c2cccc3[nH]ncc23)C(C)CCCC1CNC. The molecule has 1 aromatic heterocycles. The van der Waals surface area contributed by atoms with E-state index in [-0.39, 0.29) is 5.41 Å². The maximum atomic E-state index is 4.28. The van der Waals surface area contributed by atoms with Gasteiger partial charge < -0.3 is 5.32 Å². The summed E-state index contributed by atoms with van der Waals surface area (Å²) in [5.74, 6) is 1.42. The fraction of sp³-hybridized carbons (Fsp3) is 0.611. The number of rotatable bonds is 4. The highest BCUT2D eigenvalue weighted by Crippen LogP contribution is 2.51. The number of nitrogens with zero attached hydrogens (tertiary/aromatic N) is 1. The molecule has 0 amide bonds. The van der Waals surface area contributed by atoms with Gasteiger partial charge in [0.1, 0.15) is 0 Å². The first-order chi connectivity index (χ1) is 10.2. The quantitative estimate of drug-likeness (QED) is 0.895. The predicted octanol–water partition coefficient (Wildman–Crippen LogP) is 3.87. The highest BCUT2D eigenvalue weighted by atomic mass is 15.1. The van der Waals surface area contributed by atoms with Crippen molar-refractivity contribution in [3.05, 3.63) is 30.0 Å². The van der Waals surface area contributed by atoms with Crippen LogP contribution in [0, 0.1) is 11.8 Å². The molecule has 114 valence electrons. The Labute approximate surface area is 127 Å². The normalized spacial score (nSPS) is 29.9. The first kappa shape index (κ1) is 14.6. The number of benzene rings is 1. The zero-order valence-corrected chi connectivity index (χ0v) is 13.4. The highest BCUT2D eigenvalue weighted by Gasteiger charge is 2.45. The van der Waals surface area contributed by atoms with Crippen LogP contribution in [0.2, 0.25) is 0 Å². The molecule has 3 heteroatoms. The lowest BCUT2D eigenvalue weighted by atomic mass is 9.55. The van der Waals surface area contributed by atoms with Crippen molar-refractivity contribution in [1.29, 1.82) is 0 Å². The first-order valence-corrected chi connectivity index (χ1v) is 8.31. The third-order valence-corrected chi connectivity index (χ3v) is 5.82. The van der Waals surface area contributed by atoms with Gasteiger partial charge in [-0.25, -0.2) is 0 Å². The van der Waals surface area contributed by atoms with Crippen molar-refractivity contribution in [2.24, 2.45) is 11.8 Å². The van der Waals surface area contributed by atoms with Crippen LogP contribution in [0.15, 0.2) is 24.4 Å². The molecule has 3 nitrogen and oxygen atoms in total. The third kappa shape index (κ3) is 2.18. The van der Waals surface area contributed by atoms with Crippen molar-refractivity contribution in [1.82, 2.24) is 15.5 Å². The van der Waals surface area contributed by atoms with E-state index >= 15 is 0 Å². The van der Waals surface area contributed by atoms with E-state index in [1.54, 1.807) is 0 Å². The molecule has 3 atom stereocenters. The van der Waals surface area contributed by atoms with Crippen LogP contribution >= 0.6 is 0 Å². The number of nitrogens with one attached hydrogen (secondary N) is 2. The molecule has 2 N–H and O–H groups in total. The minimum absolute atomic E-state index is 0.268. The first-order valence-electron chi connectivity index (χ1n) is 8.31. The molecule has 2 aromatic rings. The van der Waals surface area contributed by atoms with Gasteiger partial charge in [0.25, 0.3) is 0 Å². The second kappa shape index (κ2) is 5.80. The van der Waals surface area contributed by atoms with Crippen LogP contribution in [0.25, 0.3) is 10.9 Å². The topological polar surface area (TPSA) is 40.7 Å². The number of aromatic nitrogens is 2. The summed E-state index contributed by atoms with van der Waals surface area (Å²) >= 11 is 0. The van der Waals surface area contributed by atoms with Crippen molar-refractivity contribution in [2.45, 2.75) is 44.9 Å². The van der Waals surface area contributed by atoms with Gasteiger partial charge in [-0.15, -0.1) is 0 Å². The van der Waals surface area contributed by atoms with E-state index in [1.807, 2.05) is 6.20 Å². The Hall–Kier alpha value is -1.35. The second-order valence-corrected chi connectivity index (χ2v) is 6.62. The van der Waals surface area contributed by atoms with Crippen LogP contribution in [0.1, 0.15) is 45.1 Å². The fourth-order valence-electron chi connectivity index (χ4n) is 4.81. The Bertz CT molecular complexity index is 601. The smallest absolute Gasteiger partial charge is 0.0653 e. The average Bonchev–Trinajstić information content (AvgIpc) is 2.97. The molecular weight excluding hydrogens is 258 g/mol. The molecular formula is C18H27N3. The fourth-order valence-corrected chi connectivity index (χ4v) is 4.81. The molecule has 0 aliphatic heterocycles. The second-order valence-electron chi connectivity index (χ2n) is 6.62. The number of hydrogen-bond donors (Lipinski definition) is 2. The van der Waals surface area contributed by atoms with Gasteiger partial charge in [-0.05, 0) is 56.3 Å². The van der Waals surface area contributed by atoms with Gasteiger partial charge in [0, 0.05) is 10.8 Å². The van der Waals surface area contributed by atoms with Gasteiger partial charge in [0.05, 0.1) is 11.7 Å². The Morgan fingerprint density at radius 1 is 1.38 bits per heavy atom. The monoisotopic (exact) mass is 285 g/mol. The lowest BCUT2D eigenvalue weighted by Crippen LogP contribution is -2.47. The number of H-pyrrole nitrogens is 1. The van der Waals surface area contributed by atoms with Gasteiger partial charge in [0.2, 0.25) is 0 Å². The van der Waals surface area contributed by atoms with Crippen molar-refractivity contribution in [3.63, 3.8) is 0 Å². The minimum Gasteiger partial charge on any atom is -0.319 e. The Kier molecular flexibility index (Phi) is 4.03. The summed E-state index contributed by atoms with van der Waals surface area (Å²) in [5.41, 5.74) is 2.94. The molecule has 3 rings (SSSR count). The molecule has 3 unspecified atom stereocenters. The van der Waals surface area contributed by atoms with Gasteiger partial charge in [-0.2, -0.15) is 5.10 Å². The molecule has 0 bridgehead atoms. The van der Waals surface area contributed by atoms with Crippen LogP contribution in [-0.4, -0.2) is 23.8 Å². The van der Waals surface area contributed by atoms with E-state index in [0.717, 1.165) is 12.5 Å². The van der Waals surface area contributed by atoms with Crippen LogP contribution in [0.5, 0.6) is 0 Å². The number of aromatic amines is 1. The zero-order valence-electron chi connectivity index (χ0n) is 13.4. The molecule has 1 aliphatic carbocycles. The Morgan fingerprint density at radius 3 is 3.00 bits per heavy atom. The number of hydrogen-bond acceptors (Lipinski definition) is 2. The maximum absolute atomic E-state index is 4.28. The summed E-state index contributed by atoms with van der Waals surface area (Å²) in [4.78, 5) is 0. The van der Waals surface area contributed by atoms with E-state index in [0.29, 0.717) is 5.92 Å². The highest BCUT2D eigenvalue weighted by molar-refractivity contribution is 5.83. The molecule has 1 saturated carbocycles. The summed E-state index contributed by atoms with van der Waals surface area (Å²) in [6.45, 7) is 5.92. The molecule has 1 aliphatic rings. The standard InChI is InChI=1S/C18H27N3/c1-4-18(13(2)7-5-8-14(18)11-19-3)16-9-6-10-17-15(16)12-20-21-17/h6,9-10,12-14,19H,4-5,7-8,11H2,1-3H3,(H,20,21). The molecule has 21 heavy (non-hydrogen) atoms. The largest absolute Gasteiger partial charge is 0.319 e. The zero-order chi connectivity index (χ0) is 14.9. The van der Waals surface area contributed by atoms with Crippen molar-refractivity contribution in [3.8, 4) is 0 Å². The molecule has 0 saturated heterocycles. The molecule has 1 heterocycles. The molecule has 1 aromatic carbocycles. The maximum Gasteiger partial charge on any atom is 0.0653 e. The molecule has 1 fully saturated rings. The predicted molar refractivity (Wildman–Crippen MR) is 88.5 cm³/mol. The Morgan fingerprint density at radius 2 is 2.24 bits per heavy atom. The van der Waals surface area contributed by atoms with Crippen molar-refractivity contribution in [2.75, 3.05) is 13.6 Å². The summed E-state index contributed by atoms with van der Waals surface area (Å²) in [7, 11) is 2.08. The van der Waals surface area contributed by atoms with E-state index in [2.05, 4.69) is 54.6 Å². The van der Waals surface area contributed by atoms with Gasteiger partial charge in [-0.3, -0.25) is 5.10 Å². The summed E-state index contributed by atoms with van der Waals surface area (Å²) < 4.78 is 0. The van der Waals surface area contributed by atoms with E-state index in [9.17, 15) is 0 Å².